The third-order valence-electron chi connectivity index (χ3n) is 4.76. The summed E-state index contributed by atoms with van der Waals surface area (Å²) in [5.41, 5.74) is 2.68. The van der Waals surface area contributed by atoms with Gasteiger partial charge in [0.15, 0.2) is 5.82 Å². The Labute approximate surface area is 144 Å². The van der Waals surface area contributed by atoms with E-state index in [2.05, 4.69) is 79.0 Å². The summed E-state index contributed by atoms with van der Waals surface area (Å²) in [6.07, 6.45) is 0. The molecule has 0 saturated heterocycles. The standard InChI is InChI=1S/C19H28N4O/c1-18(2,3)14-6-8-15(9-7-14)19(4,5)20-12-16-21-22-17-13-24-11-10-23(16)17/h6-9,20H,10-13H2,1-5H3. The van der Waals surface area contributed by atoms with Gasteiger partial charge in [-0.3, -0.25) is 0 Å². The first kappa shape index (κ1) is 17.1. The van der Waals surface area contributed by atoms with Crippen LogP contribution in [0.25, 0.3) is 0 Å². The van der Waals surface area contributed by atoms with Gasteiger partial charge in [-0.15, -0.1) is 10.2 Å². The molecule has 0 unspecified atom stereocenters. The molecule has 1 aromatic heterocycles. The van der Waals surface area contributed by atoms with Crippen LogP contribution >= 0.6 is 0 Å². The maximum absolute atomic E-state index is 5.42. The Hall–Kier alpha value is -1.72. The highest BCUT2D eigenvalue weighted by molar-refractivity contribution is 5.31. The minimum Gasteiger partial charge on any atom is -0.372 e. The Morgan fingerprint density at radius 2 is 1.71 bits per heavy atom. The van der Waals surface area contributed by atoms with Gasteiger partial charge in [0.05, 0.1) is 13.2 Å². The molecule has 0 amide bonds. The number of nitrogens with zero attached hydrogens (tertiary/aromatic N) is 3. The molecule has 24 heavy (non-hydrogen) atoms. The molecule has 0 saturated carbocycles. The molecule has 5 heteroatoms. The van der Waals surface area contributed by atoms with Gasteiger partial charge in [0, 0.05) is 12.1 Å². The Morgan fingerprint density at radius 3 is 2.38 bits per heavy atom. The molecule has 130 valence electrons. The number of ether oxygens (including phenoxy) is 1. The average molecular weight is 328 g/mol. The maximum Gasteiger partial charge on any atom is 0.159 e. The van der Waals surface area contributed by atoms with Crippen molar-refractivity contribution in [1.29, 1.82) is 0 Å². The van der Waals surface area contributed by atoms with Gasteiger partial charge in [0.2, 0.25) is 0 Å². The SMILES string of the molecule is CC(C)(C)c1ccc(C(C)(C)NCc2nnc3n2CCOC3)cc1. The summed E-state index contributed by atoms with van der Waals surface area (Å²) in [5, 5.41) is 12.2. The predicted octanol–water partition coefficient (Wildman–Crippen LogP) is 3.13. The van der Waals surface area contributed by atoms with Crippen molar-refractivity contribution < 1.29 is 4.74 Å². The van der Waals surface area contributed by atoms with Crippen molar-refractivity contribution in [2.24, 2.45) is 0 Å². The van der Waals surface area contributed by atoms with Crippen LogP contribution in [0.4, 0.5) is 0 Å². The van der Waals surface area contributed by atoms with Crippen molar-refractivity contribution in [3.05, 3.63) is 47.0 Å². The van der Waals surface area contributed by atoms with Crippen molar-refractivity contribution >= 4 is 0 Å². The van der Waals surface area contributed by atoms with Crippen LogP contribution < -0.4 is 5.32 Å². The topological polar surface area (TPSA) is 52.0 Å². The van der Waals surface area contributed by atoms with Gasteiger partial charge in [0.25, 0.3) is 0 Å². The van der Waals surface area contributed by atoms with E-state index in [1.54, 1.807) is 0 Å². The van der Waals surface area contributed by atoms with E-state index in [1.807, 2.05) is 0 Å². The summed E-state index contributed by atoms with van der Waals surface area (Å²) < 4.78 is 7.58. The summed E-state index contributed by atoms with van der Waals surface area (Å²) in [7, 11) is 0. The van der Waals surface area contributed by atoms with Crippen LogP contribution in [0, 0.1) is 0 Å². The van der Waals surface area contributed by atoms with Crippen LogP contribution in [0.15, 0.2) is 24.3 Å². The molecule has 5 nitrogen and oxygen atoms in total. The normalized spacial score (nSPS) is 15.4. The van der Waals surface area contributed by atoms with Crippen molar-refractivity contribution in [3.63, 3.8) is 0 Å². The fourth-order valence-corrected chi connectivity index (χ4v) is 2.98. The van der Waals surface area contributed by atoms with E-state index in [0.717, 1.165) is 24.8 Å². The van der Waals surface area contributed by atoms with E-state index in [9.17, 15) is 0 Å². The quantitative estimate of drug-likeness (QED) is 0.937. The highest BCUT2D eigenvalue weighted by Gasteiger charge is 2.23. The highest BCUT2D eigenvalue weighted by Crippen LogP contribution is 2.26. The van der Waals surface area contributed by atoms with E-state index in [0.29, 0.717) is 13.2 Å². The maximum atomic E-state index is 5.42. The first-order valence-corrected chi connectivity index (χ1v) is 8.62. The van der Waals surface area contributed by atoms with Crippen LogP contribution in [0.3, 0.4) is 0 Å². The van der Waals surface area contributed by atoms with Crippen molar-refractivity contribution in [1.82, 2.24) is 20.1 Å². The molecule has 0 fully saturated rings. The van der Waals surface area contributed by atoms with Gasteiger partial charge < -0.3 is 14.6 Å². The van der Waals surface area contributed by atoms with E-state index in [1.165, 1.54) is 11.1 Å². The number of benzene rings is 1. The highest BCUT2D eigenvalue weighted by atomic mass is 16.5. The first-order chi connectivity index (χ1) is 11.3. The van der Waals surface area contributed by atoms with Gasteiger partial charge in [-0.1, -0.05) is 45.0 Å². The van der Waals surface area contributed by atoms with E-state index in [4.69, 9.17) is 4.74 Å². The molecule has 1 aliphatic rings. The lowest BCUT2D eigenvalue weighted by Crippen LogP contribution is -2.37. The molecule has 3 rings (SSSR count). The van der Waals surface area contributed by atoms with Gasteiger partial charge in [-0.2, -0.15) is 0 Å². The second kappa shape index (κ2) is 6.30. The minimum atomic E-state index is -0.131. The lowest BCUT2D eigenvalue weighted by atomic mass is 9.84. The Kier molecular flexibility index (Phi) is 4.49. The van der Waals surface area contributed by atoms with Crippen molar-refractivity contribution in [3.8, 4) is 0 Å². The number of rotatable bonds is 4. The molecule has 0 spiro atoms. The molecule has 1 aromatic carbocycles. The Bertz CT molecular complexity index is 695. The number of hydrogen-bond acceptors (Lipinski definition) is 4. The number of nitrogens with one attached hydrogen (secondary N) is 1. The van der Waals surface area contributed by atoms with Crippen molar-refractivity contribution in [2.75, 3.05) is 6.61 Å². The van der Waals surface area contributed by atoms with Crippen LogP contribution in [-0.4, -0.2) is 21.4 Å². The second-order valence-electron chi connectivity index (χ2n) is 8.04. The smallest absolute Gasteiger partial charge is 0.159 e. The zero-order valence-electron chi connectivity index (χ0n) is 15.4. The predicted molar refractivity (Wildman–Crippen MR) is 94.7 cm³/mol. The molecular formula is C19H28N4O. The molecule has 0 radical (unpaired) electrons. The van der Waals surface area contributed by atoms with Crippen LogP contribution in [0.1, 0.15) is 57.4 Å². The van der Waals surface area contributed by atoms with Crippen LogP contribution in [0.2, 0.25) is 0 Å². The number of aromatic nitrogens is 3. The number of hydrogen-bond donors (Lipinski definition) is 1. The van der Waals surface area contributed by atoms with Gasteiger partial charge in [0.1, 0.15) is 12.4 Å². The molecule has 1 N–H and O–H groups in total. The van der Waals surface area contributed by atoms with Crippen molar-refractivity contribution in [2.45, 2.75) is 65.3 Å². The summed E-state index contributed by atoms with van der Waals surface area (Å²) in [4.78, 5) is 0. The largest absolute Gasteiger partial charge is 0.372 e. The van der Waals surface area contributed by atoms with Crippen LogP contribution in [0.5, 0.6) is 0 Å². The molecule has 2 aromatic rings. The van der Waals surface area contributed by atoms with E-state index >= 15 is 0 Å². The lowest BCUT2D eigenvalue weighted by Gasteiger charge is -2.28. The molecular weight excluding hydrogens is 300 g/mol. The molecule has 1 aliphatic heterocycles. The number of fused-ring (bicyclic) bond motifs is 1. The first-order valence-electron chi connectivity index (χ1n) is 8.62. The zero-order valence-corrected chi connectivity index (χ0v) is 15.4. The summed E-state index contributed by atoms with van der Waals surface area (Å²) >= 11 is 0. The average Bonchev–Trinajstić information content (AvgIpc) is 2.96. The minimum absolute atomic E-state index is 0.131. The van der Waals surface area contributed by atoms with Gasteiger partial charge >= 0.3 is 0 Å². The lowest BCUT2D eigenvalue weighted by molar-refractivity contribution is 0.0804. The third-order valence-corrected chi connectivity index (χ3v) is 4.76. The molecule has 0 aliphatic carbocycles. The molecule has 2 heterocycles. The fraction of sp³-hybridized carbons (Fsp3) is 0.579. The zero-order chi connectivity index (χ0) is 17.4. The third kappa shape index (κ3) is 3.52. The Balaban J connectivity index is 1.71. The summed E-state index contributed by atoms with van der Waals surface area (Å²) in [5.74, 6) is 1.90. The summed E-state index contributed by atoms with van der Waals surface area (Å²) in [6, 6.07) is 8.91. The van der Waals surface area contributed by atoms with E-state index < -0.39 is 0 Å². The summed E-state index contributed by atoms with van der Waals surface area (Å²) in [6.45, 7) is 13.9. The molecule has 0 atom stereocenters. The van der Waals surface area contributed by atoms with Gasteiger partial charge in [-0.05, 0) is 30.4 Å². The fourth-order valence-electron chi connectivity index (χ4n) is 2.98. The molecule has 0 bridgehead atoms. The Morgan fingerprint density at radius 1 is 1.04 bits per heavy atom. The monoisotopic (exact) mass is 328 g/mol. The van der Waals surface area contributed by atoms with Gasteiger partial charge in [-0.25, -0.2) is 0 Å². The second-order valence-corrected chi connectivity index (χ2v) is 8.04. The van der Waals surface area contributed by atoms with Crippen LogP contribution in [-0.2, 0) is 35.4 Å². The van der Waals surface area contributed by atoms with E-state index in [-0.39, 0.29) is 11.0 Å².